The van der Waals surface area contributed by atoms with Gasteiger partial charge >= 0.3 is 12.1 Å². The summed E-state index contributed by atoms with van der Waals surface area (Å²) in [6.45, 7) is 2.21. The first-order valence-electron chi connectivity index (χ1n) is 10.0. The number of ether oxygens (including phenoxy) is 1. The van der Waals surface area contributed by atoms with Crippen LogP contribution in [-0.2, 0) is 10.9 Å². The molecule has 0 spiro atoms. The summed E-state index contributed by atoms with van der Waals surface area (Å²) in [5.74, 6) is -0.615. The maximum absolute atomic E-state index is 13.6. The lowest BCUT2D eigenvalue weighted by Gasteiger charge is -2.22. The lowest BCUT2D eigenvalue weighted by molar-refractivity contribution is -0.143. The second-order valence-electron chi connectivity index (χ2n) is 7.72. The zero-order chi connectivity index (χ0) is 21.5. The van der Waals surface area contributed by atoms with Crippen molar-refractivity contribution in [3.8, 4) is 5.69 Å². The summed E-state index contributed by atoms with van der Waals surface area (Å²) < 4.78 is 46.3. The van der Waals surface area contributed by atoms with E-state index >= 15 is 0 Å². The van der Waals surface area contributed by atoms with Gasteiger partial charge in [-0.25, -0.2) is 9.48 Å². The van der Waals surface area contributed by atoms with E-state index in [0.29, 0.717) is 16.2 Å². The zero-order valence-electron chi connectivity index (χ0n) is 16.5. The van der Waals surface area contributed by atoms with Crippen molar-refractivity contribution in [1.82, 2.24) is 14.7 Å². The zero-order valence-corrected chi connectivity index (χ0v) is 16.5. The molecule has 1 amide bonds. The summed E-state index contributed by atoms with van der Waals surface area (Å²) in [6, 6.07) is 6.10. The van der Waals surface area contributed by atoms with Crippen LogP contribution in [0.3, 0.4) is 0 Å². The monoisotopic (exact) mass is 421 g/mol. The molecule has 9 heteroatoms. The Hall–Kier alpha value is -2.84. The van der Waals surface area contributed by atoms with Gasteiger partial charge in [0.2, 0.25) is 0 Å². The van der Waals surface area contributed by atoms with Gasteiger partial charge in [0, 0.05) is 18.2 Å². The predicted octanol–water partition coefficient (Wildman–Crippen LogP) is 4.08. The Morgan fingerprint density at radius 1 is 1.17 bits per heavy atom. The van der Waals surface area contributed by atoms with Gasteiger partial charge in [-0.3, -0.25) is 4.79 Å². The fourth-order valence-electron chi connectivity index (χ4n) is 3.45. The Bertz CT molecular complexity index is 945. The van der Waals surface area contributed by atoms with Gasteiger partial charge in [0.25, 0.3) is 5.91 Å². The highest BCUT2D eigenvalue weighted by Gasteiger charge is 2.41. The van der Waals surface area contributed by atoms with Crippen LogP contribution in [-0.4, -0.2) is 45.8 Å². The van der Waals surface area contributed by atoms with Crippen LogP contribution >= 0.6 is 0 Å². The van der Waals surface area contributed by atoms with Gasteiger partial charge in [-0.15, -0.1) is 0 Å². The quantitative estimate of drug-likeness (QED) is 0.632. The van der Waals surface area contributed by atoms with E-state index in [4.69, 9.17) is 4.74 Å². The third kappa shape index (κ3) is 4.20. The van der Waals surface area contributed by atoms with E-state index < -0.39 is 23.4 Å². The molecule has 2 aliphatic carbocycles. The highest BCUT2D eigenvalue weighted by molar-refractivity contribution is 5.95. The minimum atomic E-state index is -4.81. The standard InChI is InChI=1S/C21H22F3N3O3/c1-2-30-20(29)17-11-25-27(18(17)21(22,23)24)16-7-5-14(6-8-16)19(28)26(15-9-10-15)12-13-3-4-13/h5-8,11,13,15H,2-4,9-10,12H2,1H3. The summed E-state index contributed by atoms with van der Waals surface area (Å²) in [5.41, 5.74) is -1.31. The van der Waals surface area contributed by atoms with Crippen LogP contribution in [0.1, 0.15) is 59.0 Å². The van der Waals surface area contributed by atoms with E-state index in [1.807, 2.05) is 4.90 Å². The predicted molar refractivity (Wildman–Crippen MR) is 101 cm³/mol. The molecule has 1 aromatic heterocycles. The first kappa shape index (κ1) is 20.4. The van der Waals surface area contributed by atoms with Gasteiger partial charge in [0.05, 0.1) is 18.5 Å². The molecule has 0 radical (unpaired) electrons. The number of aromatic nitrogens is 2. The molecular weight excluding hydrogens is 399 g/mol. The molecule has 1 aromatic carbocycles. The van der Waals surface area contributed by atoms with Crippen molar-refractivity contribution in [3.05, 3.63) is 47.3 Å². The summed E-state index contributed by atoms with van der Waals surface area (Å²) >= 11 is 0. The summed E-state index contributed by atoms with van der Waals surface area (Å²) in [5, 5.41) is 3.75. The third-order valence-corrected chi connectivity index (χ3v) is 5.29. The van der Waals surface area contributed by atoms with Crippen LogP contribution in [0.15, 0.2) is 30.5 Å². The van der Waals surface area contributed by atoms with Crippen LogP contribution in [0, 0.1) is 5.92 Å². The van der Waals surface area contributed by atoms with Crippen molar-refractivity contribution in [3.63, 3.8) is 0 Å². The molecule has 0 atom stereocenters. The van der Waals surface area contributed by atoms with Gasteiger partial charge in [-0.2, -0.15) is 18.3 Å². The first-order valence-corrected chi connectivity index (χ1v) is 10.0. The number of rotatable bonds is 7. The highest BCUT2D eigenvalue weighted by atomic mass is 19.4. The topological polar surface area (TPSA) is 64.4 Å². The smallest absolute Gasteiger partial charge is 0.434 e. The Morgan fingerprint density at radius 3 is 2.37 bits per heavy atom. The van der Waals surface area contributed by atoms with Gasteiger partial charge in [0.1, 0.15) is 5.56 Å². The number of halogens is 3. The number of hydrogen-bond donors (Lipinski definition) is 0. The highest BCUT2D eigenvalue weighted by Crippen LogP contribution is 2.36. The Labute approximate surface area is 171 Å². The molecular formula is C21H22F3N3O3. The van der Waals surface area contributed by atoms with Crippen LogP contribution in [0.2, 0.25) is 0 Å². The van der Waals surface area contributed by atoms with E-state index in [-0.39, 0.29) is 24.2 Å². The summed E-state index contributed by atoms with van der Waals surface area (Å²) in [4.78, 5) is 26.7. The lowest BCUT2D eigenvalue weighted by atomic mass is 10.1. The lowest BCUT2D eigenvalue weighted by Crippen LogP contribution is -2.34. The second-order valence-corrected chi connectivity index (χ2v) is 7.72. The second kappa shape index (κ2) is 7.77. The fraction of sp³-hybridized carbons (Fsp3) is 0.476. The summed E-state index contributed by atoms with van der Waals surface area (Å²) in [6.07, 6.45) is 0.310. The van der Waals surface area contributed by atoms with Crippen molar-refractivity contribution in [2.45, 2.75) is 44.8 Å². The van der Waals surface area contributed by atoms with E-state index in [0.717, 1.165) is 38.4 Å². The number of nitrogens with zero attached hydrogens (tertiary/aromatic N) is 3. The number of amides is 1. The average molecular weight is 421 g/mol. The molecule has 1 heterocycles. The number of carbonyl (C=O) groups is 2. The summed E-state index contributed by atoms with van der Waals surface area (Å²) in [7, 11) is 0. The van der Waals surface area contributed by atoms with E-state index in [9.17, 15) is 22.8 Å². The maximum atomic E-state index is 13.6. The Kier molecular flexibility index (Phi) is 5.29. The van der Waals surface area contributed by atoms with Crippen LogP contribution < -0.4 is 0 Å². The number of alkyl halides is 3. The molecule has 0 saturated heterocycles. The molecule has 2 saturated carbocycles. The number of carbonyl (C=O) groups excluding carboxylic acids is 2. The van der Waals surface area contributed by atoms with Crippen molar-refractivity contribution >= 4 is 11.9 Å². The third-order valence-electron chi connectivity index (χ3n) is 5.29. The molecule has 30 heavy (non-hydrogen) atoms. The average Bonchev–Trinajstić information content (AvgIpc) is 3.63. The molecule has 160 valence electrons. The van der Waals surface area contributed by atoms with Gasteiger partial charge in [-0.1, -0.05) is 0 Å². The van der Waals surface area contributed by atoms with E-state index in [1.165, 1.54) is 31.2 Å². The molecule has 6 nitrogen and oxygen atoms in total. The number of esters is 1. The maximum Gasteiger partial charge on any atom is 0.434 e. The van der Waals surface area contributed by atoms with Crippen molar-refractivity contribution in [2.24, 2.45) is 5.92 Å². The minimum absolute atomic E-state index is 0.0452. The van der Waals surface area contributed by atoms with Gasteiger partial charge < -0.3 is 9.64 Å². The van der Waals surface area contributed by atoms with Crippen molar-refractivity contribution < 1.29 is 27.5 Å². The SMILES string of the molecule is CCOC(=O)c1cnn(-c2ccc(C(=O)N(CC3CC3)C3CC3)cc2)c1C(F)(F)F. The van der Waals surface area contributed by atoms with E-state index in [2.05, 4.69) is 5.10 Å². The van der Waals surface area contributed by atoms with Crippen LogP contribution in [0.25, 0.3) is 5.69 Å². The van der Waals surface area contributed by atoms with E-state index in [1.54, 1.807) is 0 Å². The van der Waals surface area contributed by atoms with Crippen molar-refractivity contribution in [1.29, 1.82) is 0 Å². The van der Waals surface area contributed by atoms with Crippen molar-refractivity contribution in [2.75, 3.05) is 13.2 Å². The minimum Gasteiger partial charge on any atom is -0.462 e. The number of hydrogen-bond acceptors (Lipinski definition) is 4. The van der Waals surface area contributed by atoms with Crippen LogP contribution in [0.4, 0.5) is 13.2 Å². The molecule has 0 unspecified atom stereocenters. The normalized spacial score (nSPS) is 16.4. The molecule has 2 aliphatic rings. The Balaban J connectivity index is 1.61. The molecule has 2 fully saturated rings. The van der Waals surface area contributed by atoms with Crippen LogP contribution in [0.5, 0.6) is 0 Å². The Morgan fingerprint density at radius 2 is 1.83 bits per heavy atom. The first-order chi connectivity index (χ1) is 14.3. The van der Waals surface area contributed by atoms with Gasteiger partial charge in [0.15, 0.2) is 5.69 Å². The number of benzene rings is 1. The molecule has 0 aliphatic heterocycles. The van der Waals surface area contributed by atoms with Gasteiger partial charge in [-0.05, 0) is 62.8 Å². The molecule has 2 aromatic rings. The fourth-order valence-corrected chi connectivity index (χ4v) is 3.45. The molecule has 4 rings (SSSR count). The molecule has 0 N–H and O–H groups in total. The largest absolute Gasteiger partial charge is 0.462 e. The molecule has 0 bridgehead atoms.